The van der Waals surface area contributed by atoms with Crippen molar-refractivity contribution in [2.45, 2.75) is 0 Å². The summed E-state index contributed by atoms with van der Waals surface area (Å²) >= 11 is 13.3. The second-order valence-electron chi connectivity index (χ2n) is 5.12. The molecule has 0 unspecified atom stereocenters. The van der Waals surface area contributed by atoms with Crippen LogP contribution < -0.4 is 14.3 Å². The van der Waals surface area contributed by atoms with Crippen LogP contribution in [0, 0.1) is 0 Å². The molecule has 0 atom stereocenters. The van der Waals surface area contributed by atoms with Crippen LogP contribution >= 0.6 is 34.5 Å². The number of carbonyl (C=O) groups is 1. The highest BCUT2D eigenvalue weighted by Crippen LogP contribution is 2.28. The number of halogens is 2. The maximum atomic E-state index is 12.1. The number of rotatable bonds is 4. The minimum atomic E-state index is -0.410. The number of amides is 1. The third kappa shape index (κ3) is 3.81. The summed E-state index contributed by atoms with van der Waals surface area (Å²) in [7, 11) is 3.45. The van der Waals surface area contributed by atoms with Gasteiger partial charge in [-0.2, -0.15) is 4.99 Å². The first-order chi connectivity index (χ1) is 12.0. The Bertz CT molecular complexity index is 1010. The van der Waals surface area contributed by atoms with Gasteiger partial charge in [0, 0.05) is 12.1 Å². The molecule has 5 nitrogen and oxygen atoms in total. The maximum Gasteiger partial charge on any atom is 0.286 e. The topological polar surface area (TPSA) is 52.8 Å². The van der Waals surface area contributed by atoms with E-state index in [9.17, 15) is 4.79 Å². The fraction of sp³-hybridized carbons (Fsp3) is 0.176. The smallest absolute Gasteiger partial charge is 0.286 e. The van der Waals surface area contributed by atoms with E-state index in [0.717, 1.165) is 16.0 Å². The molecule has 0 aliphatic rings. The lowest BCUT2D eigenvalue weighted by Crippen LogP contribution is -2.17. The molecule has 0 spiro atoms. The summed E-state index contributed by atoms with van der Waals surface area (Å²) in [6.45, 7) is -0.216. The Morgan fingerprint density at radius 2 is 2.04 bits per heavy atom. The summed E-state index contributed by atoms with van der Waals surface area (Å²) in [5.74, 6) is 0.707. The Hall–Kier alpha value is -2.02. The fourth-order valence-electron chi connectivity index (χ4n) is 2.31. The van der Waals surface area contributed by atoms with Crippen LogP contribution in [0.1, 0.15) is 0 Å². The van der Waals surface area contributed by atoms with E-state index >= 15 is 0 Å². The Kier molecular flexibility index (Phi) is 5.32. The number of carbonyl (C=O) groups excluding carboxylic acids is 1. The van der Waals surface area contributed by atoms with Gasteiger partial charge in [0.15, 0.2) is 11.4 Å². The average Bonchev–Trinajstić information content (AvgIpc) is 2.90. The number of aryl methyl sites for hydroxylation is 1. The van der Waals surface area contributed by atoms with E-state index < -0.39 is 5.91 Å². The van der Waals surface area contributed by atoms with Crippen molar-refractivity contribution in [3.63, 3.8) is 0 Å². The molecule has 1 aromatic heterocycles. The zero-order valence-electron chi connectivity index (χ0n) is 13.5. The molecule has 0 fully saturated rings. The first-order valence-electron chi connectivity index (χ1n) is 7.27. The Balaban J connectivity index is 1.84. The van der Waals surface area contributed by atoms with Crippen LogP contribution in [0.5, 0.6) is 11.5 Å². The molecule has 0 bridgehead atoms. The van der Waals surface area contributed by atoms with E-state index in [0.29, 0.717) is 20.6 Å². The maximum absolute atomic E-state index is 12.1. The van der Waals surface area contributed by atoms with Gasteiger partial charge in [-0.05, 0) is 30.3 Å². The van der Waals surface area contributed by atoms with Crippen LogP contribution in [-0.2, 0) is 11.8 Å². The Morgan fingerprint density at radius 3 is 2.76 bits per heavy atom. The predicted octanol–water partition coefficient (Wildman–Crippen LogP) is 4.06. The van der Waals surface area contributed by atoms with Crippen molar-refractivity contribution in [3.8, 4) is 11.5 Å². The van der Waals surface area contributed by atoms with Crippen LogP contribution in [0.25, 0.3) is 10.2 Å². The zero-order valence-corrected chi connectivity index (χ0v) is 15.8. The van der Waals surface area contributed by atoms with E-state index in [-0.39, 0.29) is 6.61 Å². The number of aromatic nitrogens is 1. The van der Waals surface area contributed by atoms with Gasteiger partial charge in [0.1, 0.15) is 17.0 Å². The number of fused-ring (bicyclic) bond motifs is 1. The van der Waals surface area contributed by atoms with Gasteiger partial charge in [0.05, 0.1) is 16.8 Å². The molecule has 0 aliphatic carbocycles. The van der Waals surface area contributed by atoms with Crippen molar-refractivity contribution >= 4 is 50.7 Å². The minimum absolute atomic E-state index is 0.216. The van der Waals surface area contributed by atoms with Gasteiger partial charge in [-0.25, -0.2) is 0 Å². The molecule has 8 heteroatoms. The summed E-state index contributed by atoms with van der Waals surface area (Å²) in [5.41, 5.74) is 0.892. The standard InChI is InChI=1S/C17H14Cl2N2O3S/c1-21-16-13(23-2)4-3-5-14(16)25-17(21)20-15(22)9-24-12-7-6-10(18)8-11(12)19/h3-8H,9H2,1-2H3. The molecule has 2 aromatic carbocycles. The second kappa shape index (κ2) is 7.47. The monoisotopic (exact) mass is 396 g/mol. The van der Waals surface area contributed by atoms with Crippen molar-refractivity contribution in [3.05, 3.63) is 51.2 Å². The van der Waals surface area contributed by atoms with E-state index in [1.165, 1.54) is 11.3 Å². The number of hydrogen-bond donors (Lipinski definition) is 0. The third-order valence-corrected chi connectivity index (χ3v) is 5.10. The molecule has 0 aliphatic heterocycles. The first-order valence-corrected chi connectivity index (χ1v) is 8.85. The van der Waals surface area contributed by atoms with Gasteiger partial charge in [-0.15, -0.1) is 0 Å². The summed E-state index contributed by atoms with van der Waals surface area (Å²) in [6.07, 6.45) is 0. The largest absolute Gasteiger partial charge is 0.495 e. The molecule has 0 radical (unpaired) electrons. The van der Waals surface area contributed by atoms with Crippen molar-refractivity contribution in [1.82, 2.24) is 4.57 Å². The number of para-hydroxylation sites is 1. The minimum Gasteiger partial charge on any atom is -0.495 e. The summed E-state index contributed by atoms with van der Waals surface area (Å²) < 4.78 is 13.6. The van der Waals surface area contributed by atoms with Gasteiger partial charge >= 0.3 is 0 Å². The molecule has 130 valence electrons. The van der Waals surface area contributed by atoms with Crippen molar-refractivity contribution in [2.24, 2.45) is 12.0 Å². The average molecular weight is 397 g/mol. The molecular weight excluding hydrogens is 383 g/mol. The van der Waals surface area contributed by atoms with E-state index in [4.69, 9.17) is 32.7 Å². The van der Waals surface area contributed by atoms with Crippen LogP contribution in [0.2, 0.25) is 10.0 Å². The summed E-state index contributed by atoms with van der Waals surface area (Å²) in [4.78, 5) is 16.8. The molecule has 0 saturated carbocycles. The van der Waals surface area contributed by atoms with Gasteiger partial charge in [-0.1, -0.05) is 40.6 Å². The van der Waals surface area contributed by atoms with Crippen molar-refractivity contribution < 1.29 is 14.3 Å². The molecule has 3 aromatic rings. The lowest BCUT2D eigenvalue weighted by molar-refractivity contribution is -0.120. The fourth-order valence-corrected chi connectivity index (χ4v) is 3.83. The van der Waals surface area contributed by atoms with Gasteiger partial charge in [0.2, 0.25) is 0 Å². The highest BCUT2D eigenvalue weighted by atomic mass is 35.5. The predicted molar refractivity (Wildman–Crippen MR) is 99.9 cm³/mol. The van der Waals surface area contributed by atoms with E-state index in [1.54, 1.807) is 25.3 Å². The Labute approximate surface area is 158 Å². The summed E-state index contributed by atoms with van der Waals surface area (Å²) in [6, 6.07) is 10.5. The SMILES string of the molecule is COc1cccc2sc(=NC(=O)COc3ccc(Cl)cc3Cl)n(C)c12. The van der Waals surface area contributed by atoms with E-state index in [1.807, 2.05) is 29.8 Å². The first kappa shape index (κ1) is 17.8. The van der Waals surface area contributed by atoms with Crippen LogP contribution in [-0.4, -0.2) is 24.2 Å². The van der Waals surface area contributed by atoms with Crippen molar-refractivity contribution in [2.75, 3.05) is 13.7 Å². The normalized spacial score (nSPS) is 11.8. The van der Waals surface area contributed by atoms with Crippen molar-refractivity contribution in [1.29, 1.82) is 0 Å². The molecule has 1 heterocycles. The molecule has 0 N–H and O–H groups in total. The number of thiazole rings is 1. The quantitative estimate of drug-likeness (QED) is 0.667. The molecular formula is C17H14Cl2N2O3S. The van der Waals surface area contributed by atoms with Crippen LogP contribution in [0.3, 0.4) is 0 Å². The Morgan fingerprint density at radius 1 is 1.24 bits per heavy atom. The third-order valence-electron chi connectivity index (χ3n) is 3.47. The molecule has 25 heavy (non-hydrogen) atoms. The highest BCUT2D eigenvalue weighted by Gasteiger charge is 2.10. The number of nitrogens with zero attached hydrogens (tertiary/aromatic N) is 2. The summed E-state index contributed by atoms with van der Waals surface area (Å²) in [5, 5.41) is 0.845. The number of benzene rings is 2. The van der Waals surface area contributed by atoms with Gasteiger partial charge in [-0.3, -0.25) is 4.79 Å². The number of ether oxygens (including phenoxy) is 2. The highest BCUT2D eigenvalue weighted by molar-refractivity contribution is 7.16. The lowest BCUT2D eigenvalue weighted by atomic mass is 10.3. The molecule has 0 saturated heterocycles. The van der Waals surface area contributed by atoms with E-state index in [2.05, 4.69) is 4.99 Å². The van der Waals surface area contributed by atoms with Gasteiger partial charge in [0.25, 0.3) is 5.91 Å². The zero-order chi connectivity index (χ0) is 18.0. The second-order valence-corrected chi connectivity index (χ2v) is 6.97. The van der Waals surface area contributed by atoms with Crippen LogP contribution in [0.15, 0.2) is 41.4 Å². The van der Waals surface area contributed by atoms with Crippen LogP contribution in [0.4, 0.5) is 0 Å². The van der Waals surface area contributed by atoms with Gasteiger partial charge < -0.3 is 14.0 Å². The lowest BCUT2D eigenvalue weighted by Gasteiger charge is -2.05. The number of hydrogen-bond acceptors (Lipinski definition) is 4. The molecule has 1 amide bonds. The molecule has 3 rings (SSSR count). The number of methoxy groups -OCH3 is 1.